The first-order chi connectivity index (χ1) is 14.7. The van der Waals surface area contributed by atoms with Crippen molar-refractivity contribution in [3.63, 3.8) is 0 Å². The maximum absolute atomic E-state index is 12.5. The van der Waals surface area contributed by atoms with Crippen LogP contribution in [0.5, 0.6) is 0 Å². The first kappa shape index (κ1) is 22.1. The number of carbonyl (C=O) groups excluding carboxylic acids is 1. The van der Waals surface area contributed by atoms with Crippen molar-refractivity contribution in [2.45, 2.75) is 32.2 Å². The number of amides is 1. The van der Waals surface area contributed by atoms with Crippen molar-refractivity contribution in [1.29, 1.82) is 0 Å². The topological polar surface area (TPSA) is 72.9 Å². The Hall–Kier alpha value is -2.61. The number of hydrogen-bond acceptors (Lipinski definition) is 5. The molecule has 2 aromatic heterocycles. The number of anilines is 1. The van der Waals surface area contributed by atoms with Crippen molar-refractivity contribution in [3.8, 4) is 0 Å². The molecule has 3 heterocycles. The molecular weight excluding hydrogens is 396 g/mol. The van der Waals surface area contributed by atoms with E-state index in [0.29, 0.717) is 12.6 Å². The third-order valence-corrected chi connectivity index (χ3v) is 6.15. The van der Waals surface area contributed by atoms with Gasteiger partial charge in [0.2, 0.25) is 5.91 Å². The van der Waals surface area contributed by atoms with E-state index in [1.165, 1.54) is 5.00 Å². The second-order valence-electron chi connectivity index (χ2n) is 7.44. The van der Waals surface area contributed by atoms with Gasteiger partial charge in [0.1, 0.15) is 6.54 Å². The summed E-state index contributed by atoms with van der Waals surface area (Å²) in [4.78, 5) is 25.5. The van der Waals surface area contributed by atoms with Crippen LogP contribution in [0.2, 0.25) is 0 Å². The van der Waals surface area contributed by atoms with Gasteiger partial charge in [-0.2, -0.15) is 0 Å². The number of nitrogens with zero attached hydrogens (tertiary/aromatic N) is 4. The molecule has 2 aromatic rings. The average molecular weight is 429 g/mol. The summed E-state index contributed by atoms with van der Waals surface area (Å²) in [5.74, 6) is 0.731. The first-order valence-corrected chi connectivity index (χ1v) is 11.5. The third-order valence-electron chi connectivity index (χ3n) is 5.23. The van der Waals surface area contributed by atoms with Crippen LogP contribution in [0.15, 0.2) is 46.9 Å². The SMILES string of the molecule is CCNC(=NCC(=O)N(C)CCc1ccccn1)NC1CCN(c2cccs2)CC1. The van der Waals surface area contributed by atoms with E-state index in [1.807, 2.05) is 32.2 Å². The minimum absolute atomic E-state index is 0.00986. The van der Waals surface area contributed by atoms with Gasteiger partial charge < -0.3 is 20.4 Å². The van der Waals surface area contributed by atoms with Crippen LogP contribution in [0.3, 0.4) is 0 Å². The molecule has 162 valence electrons. The van der Waals surface area contributed by atoms with Gasteiger partial charge >= 0.3 is 0 Å². The number of guanidine groups is 1. The molecule has 7 nitrogen and oxygen atoms in total. The molecule has 0 saturated carbocycles. The molecule has 0 aromatic carbocycles. The molecule has 3 rings (SSSR count). The number of pyridine rings is 1. The van der Waals surface area contributed by atoms with Crippen LogP contribution >= 0.6 is 11.3 Å². The molecule has 0 atom stereocenters. The summed E-state index contributed by atoms with van der Waals surface area (Å²) in [6.45, 7) is 5.65. The molecule has 0 bridgehead atoms. The maximum Gasteiger partial charge on any atom is 0.244 e. The molecule has 0 radical (unpaired) electrons. The maximum atomic E-state index is 12.5. The predicted molar refractivity (Wildman–Crippen MR) is 124 cm³/mol. The van der Waals surface area contributed by atoms with Crippen LogP contribution < -0.4 is 15.5 Å². The second-order valence-corrected chi connectivity index (χ2v) is 8.36. The minimum Gasteiger partial charge on any atom is -0.363 e. The van der Waals surface area contributed by atoms with E-state index in [9.17, 15) is 4.79 Å². The number of likely N-dealkylation sites (N-methyl/N-ethyl adjacent to an activating group) is 1. The first-order valence-electron chi connectivity index (χ1n) is 10.6. The Balaban J connectivity index is 1.44. The van der Waals surface area contributed by atoms with E-state index in [2.05, 4.69) is 43.0 Å². The molecule has 0 unspecified atom stereocenters. The van der Waals surface area contributed by atoms with Crippen LogP contribution in [-0.4, -0.2) is 67.6 Å². The molecule has 8 heteroatoms. The van der Waals surface area contributed by atoms with Crippen molar-refractivity contribution in [1.82, 2.24) is 20.5 Å². The summed E-state index contributed by atoms with van der Waals surface area (Å²) < 4.78 is 0. The highest BCUT2D eigenvalue weighted by Crippen LogP contribution is 2.24. The normalized spacial score (nSPS) is 15.1. The van der Waals surface area contributed by atoms with Crippen LogP contribution in [0.4, 0.5) is 5.00 Å². The van der Waals surface area contributed by atoms with Crippen LogP contribution in [0.1, 0.15) is 25.5 Å². The lowest BCUT2D eigenvalue weighted by Gasteiger charge is -2.33. The van der Waals surface area contributed by atoms with E-state index in [-0.39, 0.29) is 12.5 Å². The van der Waals surface area contributed by atoms with E-state index < -0.39 is 0 Å². The van der Waals surface area contributed by atoms with Crippen molar-refractivity contribution >= 4 is 28.2 Å². The van der Waals surface area contributed by atoms with E-state index >= 15 is 0 Å². The van der Waals surface area contributed by atoms with Crippen molar-refractivity contribution in [2.75, 3.05) is 44.7 Å². The molecule has 1 amide bonds. The fraction of sp³-hybridized carbons (Fsp3) is 0.500. The number of rotatable bonds is 8. The molecule has 1 saturated heterocycles. The highest BCUT2D eigenvalue weighted by atomic mass is 32.1. The van der Waals surface area contributed by atoms with Gasteiger partial charge in [0.15, 0.2) is 5.96 Å². The lowest BCUT2D eigenvalue weighted by Crippen LogP contribution is -2.49. The van der Waals surface area contributed by atoms with Gasteiger partial charge in [-0.15, -0.1) is 11.3 Å². The smallest absolute Gasteiger partial charge is 0.244 e. The van der Waals surface area contributed by atoms with Crippen molar-refractivity contribution in [2.24, 2.45) is 4.99 Å². The molecule has 1 fully saturated rings. The zero-order valence-electron chi connectivity index (χ0n) is 17.9. The number of aromatic nitrogens is 1. The summed E-state index contributed by atoms with van der Waals surface area (Å²) in [5, 5.41) is 10.2. The average Bonchev–Trinajstić information content (AvgIpc) is 3.32. The highest BCUT2D eigenvalue weighted by molar-refractivity contribution is 7.14. The zero-order chi connectivity index (χ0) is 21.2. The molecule has 0 spiro atoms. The summed E-state index contributed by atoms with van der Waals surface area (Å²) in [6, 6.07) is 10.5. The van der Waals surface area contributed by atoms with Crippen LogP contribution in [-0.2, 0) is 11.2 Å². The lowest BCUT2D eigenvalue weighted by molar-refractivity contribution is -0.128. The Morgan fingerprint density at radius 2 is 2.13 bits per heavy atom. The Morgan fingerprint density at radius 3 is 2.80 bits per heavy atom. The van der Waals surface area contributed by atoms with Gasteiger partial charge in [0.25, 0.3) is 0 Å². The lowest BCUT2D eigenvalue weighted by atomic mass is 10.1. The zero-order valence-corrected chi connectivity index (χ0v) is 18.7. The Morgan fingerprint density at radius 1 is 1.30 bits per heavy atom. The molecule has 1 aliphatic heterocycles. The molecule has 1 aliphatic rings. The summed E-state index contributed by atoms with van der Waals surface area (Å²) in [7, 11) is 1.82. The van der Waals surface area contributed by atoms with Crippen LogP contribution in [0.25, 0.3) is 0 Å². The Bertz CT molecular complexity index is 787. The third kappa shape index (κ3) is 6.73. The van der Waals surface area contributed by atoms with Crippen LogP contribution in [0, 0.1) is 0 Å². The number of thiophene rings is 1. The summed E-state index contributed by atoms with van der Waals surface area (Å²) >= 11 is 1.79. The van der Waals surface area contributed by atoms with Gasteiger partial charge in [-0.1, -0.05) is 6.07 Å². The minimum atomic E-state index is 0.00986. The van der Waals surface area contributed by atoms with E-state index in [4.69, 9.17) is 0 Å². The number of hydrogen-bond donors (Lipinski definition) is 2. The Kier molecular flexibility index (Phi) is 8.50. The van der Waals surface area contributed by atoms with Crippen molar-refractivity contribution < 1.29 is 4.79 Å². The number of nitrogens with one attached hydrogen (secondary N) is 2. The second kappa shape index (κ2) is 11.5. The quantitative estimate of drug-likeness (QED) is 0.499. The van der Waals surface area contributed by atoms with Gasteiger partial charge in [0, 0.05) is 57.6 Å². The molecule has 30 heavy (non-hydrogen) atoms. The van der Waals surface area contributed by atoms with E-state index in [0.717, 1.165) is 50.6 Å². The van der Waals surface area contributed by atoms with E-state index in [1.54, 1.807) is 22.4 Å². The number of aliphatic imine (C=N–C) groups is 1. The molecule has 0 aliphatic carbocycles. The largest absolute Gasteiger partial charge is 0.363 e. The summed E-state index contributed by atoms with van der Waals surface area (Å²) in [6.07, 6.45) is 4.63. The van der Waals surface area contributed by atoms with Gasteiger partial charge in [-0.25, -0.2) is 4.99 Å². The monoisotopic (exact) mass is 428 g/mol. The fourth-order valence-corrected chi connectivity index (χ4v) is 4.21. The standard InChI is InChI=1S/C22H32N6OS/c1-3-23-22(26-19-10-14-28(15-11-19)21-8-6-16-30-21)25-17-20(29)27(2)13-9-18-7-4-5-12-24-18/h4-8,12,16,19H,3,9-11,13-15,17H2,1-2H3,(H2,23,25,26). The Labute approximate surface area is 183 Å². The van der Waals surface area contributed by atoms with Gasteiger partial charge in [-0.3, -0.25) is 9.78 Å². The number of piperidine rings is 1. The highest BCUT2D eigenvalue weighted by Gasteiger charge is 2.21. The van der Waals surface area contributed by atoms with Gasteiger partial charge in [-0.05, 0) is 49.4 Å². The molecule has 2 N–H and O–H groups in total. The van der Waals surface area contributed by atoms with Crippen molar-refractivity contribution in [3.05, 3.63) is 47.6 Å². The summed E-state index contributed by atoms with van der Waals surface area (Å²) in [5.41, 5.74) is 0.990. The predicted octanol–water partition coefficient (Wildman–Crippen LogP) is 2.37. The number of carbonyl (C=O) groups is 1. The van der Waals surface area contributed by atoms with Gasteiger partial charge in [0.05, 0.1) is 5.00 Å². The molecular formula is C22H32N6OS. The fourth-order valence-electron chi connectivity index (χ4n) is 3.43.